The lowest BCUT2D eigenvalue weighted by molar-refractivity contribution is 0.0526. The average Bonchev–Trinajstić information content (AvgIpc) is 3.35. The molecule has 0 aliphatic heterocycles. The minimum Gasteiger partial charge on any atom is -0.462 e. The number of hydrogen-bond acceptors (Lipinski definition) is 7. The third-order valence-electron chi connectivity index (χ3n) is 3.93. The summed E-state index contributed by atoms with van der Waals surface area (Å²) in [6.45, 7) is 2.12. The number of rotatable bonds is 6. The van der Waals surface area contributed by atoms with Gasteiger partial charge in [0.25, 0.3) is 0 Å². The van der Waals surface area contributed by atoms with E-state index >= 15 is 0 Å². The lowest BCUT2D eigenvalue weighted by Crippen LogP contribution is -2.04. The van der Waals surface area contributed by atoms with Gasteiger partial charge in [0.2, 0.25) is 5.13 Å². The summed E-state index contributed by atoms with van der Waals surface area (Å²) in [6.07, 6.45) is 1.59. The Bertz CT molecular complexity index is 1110. The first-order chi connectivity index (χ1) is 13.7. The summed E-state index contributed by atoms with van der Waals surface area (Å²) in [6, 6.07) is 18.7. The molecule has 0 bridgehead atoms. The fraction of sp³-hybridized carbons (Fsp3) is 0.0952. The van der Waals surface area contributed by atoms with Crippen molar-refractivity contribution in [1.82, 2.24) is 4.98 Å². The zero-order valence-corrected chi connectivity index (χ0v) is 15.9. The summed E-state index contributed by atoms with van der Waals surface area (Å²) >= 11 is 1.53. The number of fused-ring (bicyclic) bond motifs is 1. The Kier molecular flexibility index (Phi) is 5.16. The van der Waals surface area contributed by atoms with E-state index in [1.807, 2.05) is 42.5 Å². The topological polar surface area (TPSA) is 76.7 Å². The van der Waals surface area contributed by atoms with Gasteiger partial charge >= 0.3 is 5.97 Å². The van der Waals surface area contributed by atoms with Crippen molar-refractivity contribution in [2.24, 2.45) is 5.10 Å². The van der Waals surface area contributed by atoms with Gasteiger partial charge < -0.3 is 9.15 Å². The van der Waals surface area contributed by atoms with Gasteiger partial charge in [-0.25, -0.2) is 9.78 Å². The van der Waals surface area contributed by atoms with Gasteiger partial charge in [-0.15, -0.1) is 0 Å². The molecule has 0 saturated carbocycles. The number of hydrazone groups is 1. The smallest absolute Gasteiger partial charge is 0.338 e. The maximum Gasteiger partial charge on any atom is 0.338 e. The van der Waals surface area contributed by atoms with Gasteiger partial charge in [0.15, 0.2) is 0 Å². The minimum atomic E-state index is -0.349. The normalized spacial score (nSPS) is 11.2. The number of esters is 1. The van der Waals surface area contributed by atoms with Gasteiger partial charge in [-0.1, -0.05) is 35.6 Å². The number of carbonyl (C=O) groups is 1. The summed E-state index contributed by atoms with van der Waals surface area (Å²) in [5.74, 6) is 0.885. The second-order valence-corrected chi connectivity index (χ2v) is 6.89. The Morgan fingerprint density at radius 3 is 2.96 bits per heavy atom. The van der Waals surface area contributed by atoms with Crippen molar-refractivity contribution in [3.63, 3.8) is 0 Å². The molecule has 0 amide bonds. The van der Waals surface area contributed by atoms with E-state index in [4.69, 9.17) is 9.15 Å². The number of nitrogens with one attached hydrogen (secondary N) is 1. The van der Waals surface area contributed by atoms with Crippen molar-refractivity contribution in [3.8, 4) is 11.3 Å². The number of benzene rings is 2. The molecule has 4 rings (SSSR count). The van der Waals surface area contributed by atoms with Crippen molar-refractivity contribution in [2.75, 3.05) is 12.0 Å². The molecule has 2 aromatic heterocycles. The number of aromatic nitrogens is 1. The molecule has 4 aromatic rings. The lowest BCUT2D eigenvalue weighted by atomic mass is 10.1. The number of para-hydroxylation sites is 1. The highest BCUT2D eigenvalue weighted by molar-refractivity contribution is 7.22. The Labute approximate surface area is 165 Å². The number of nitrogens with zero attached hydrogens (tertiary/aromatic N) is 2. The van der Waals surface area contributed by atoms with Crippen LogP contribution in [0, 0.1) is 0 Å². The number of anilines is 1. The van der Waals surface area contributed by atoms with Crippen molar-refractivity contribution < 1.29 is 13.9 Å². The maximum atomic E-state index is 11.9. The van der Waals surface area contributed by atoms with E-state index in [-0.39, 0.29) is 5.97 Å². The quantitative estimate of drug-likeness (QED) is 0.278. The standard InChI is InChI=1S/C21H17N3O3S/c1-2-26-20(25)15-7-5-6-14(12-15)18-11-10-16(27-18)13-22-24-21-23-17-8-3-4-9-19(17)28-21/h3-13H,2H2,1H3,(H,23,24)/b22-13-. The van der Waals surface area contributed by atoms with E-state index in [2.05, 4.69) is 15.5 Å². The Hall–Kier alpha value is -3.45. The van der Waals surface area contributed by atoms with E-state index in [9.17, 15) is 4.79 Å². The van der Waals surface area contributed by atoms with E-state index in [1.165, 1.54) is 11.3 Å². The van der Waals surface area contributed by atoms with Crippen molar-refractivity contribution in [3.05, 3.63) is 72.0 Å². The molecule has 6 nitrogen and oxygen atoms in total. The minimum absolute atomic E-state index is 0.339. The van der Waals surface area contributed by atoms with Gasteiger partial charge in [-0.3, -0.25) is 5.43 Å². The number of furan rings is 1. The monoisotopic (exact) mass is 391 g/mol. The molecular weight excluding hydrogens is 374 g/mol. The molecule has 0 aliphatic carbocycles. The Morgan fingerprint density at radius 1 is 1.21 bits per heavy atom. The molecule has 1 N–H and O–H groups in total. The molecule has 0 spiro atoms. The van der Waals surface area contributed by atoms with Gasteiger partial charge in [-0.05, 0) is 43.3 Å². The second kappa shape index (κ2) is 8.06. The van der Waals surface area contributed by atoms with E-state index in [0.29, 0.717) is 28.8 Å². The van der Waals surface area contributed by atoms with Crippen LogP contribution in [0.3, 0.4) is 0 Å². The van der Waals surface area contributed by atoms with Gasteiger partial charge in [0, 0.05) is 5.56 Å². The van der Waals surface area contributed by atoms with Crippen LogP contribution in [-0.4, -0.2) is 23.8 Å². The lowest BCUT2D eigenvalue weighted by Gasteiger charge is -2.03. The largest absolute Gasteiger partial charge is 0.462 e. The molecule has 0 saturated heterocycles. The van der Waals surface area contributed by atoms with Crippen LogP contribution in [0.25, 0.3) is 21.5 Å². The van der Waals surface area contributed by atoms with E-state index < -0.39 is 0 Å². The highest BCUT2D eigenvalue weighted by Crippen LogP contribution is 2.26. The third kappa shape index (κ3) is 3.94. The molecule has 0 unspecified atom stereocenters. The number of ether oxygens (including phenoxy) is 1. The highest BCUT2D eigenvalue weighted by Gasteiger charge is 2.10. The first-order valence-electron chi connectivity index (χ1n) is 8.75. The van der Waals surface area contributed by atoms with E-state index in [0.717, 1.165) is 15.8 Å². The zero-order chi connectivity index (χ0) is 19.3. The second-order valence-electron chi connectivity index (χ2n) is 5.86. The van der Waals surface area contributed by atoms with Gasteiger partial charge in [0.05, 0.1) is 28.6 Å². The summed E-state index contributed by atoms with van der Waals surface area (Å²) in [5.41, 5.74) is 5.15. The fourth-order valence-corrected chi connectivity index (χ4v) is 3.48. The van der Waals surface area contributed by atoms with Crippen LogP contribution < -0.4 is 5.43 Å². The molecule has 28 heavy (non-hydrogen) atoms. The van der Waals surface area contributed by atoms with Crippen LogP contribution in [0.15, 0.2) is 70.2 Å². The molecule has 2 aromatic carbocycles. The summed E-state index contributed by atoms with van der Waals surface area (Å²) in [5, 5.41) is 4.90. The van der Waals surface area contributed by atoms with Crippen LogP contribution in [0.1, 0.15) is 23.0 Å². The molecule has 0 aliphatic rings. The number of carbonyl (C=O) groups excluding carboxylic acids is 1. The molecule has 0 radical (unpaired) electrons. The predicted molar refractivity (Wildman–Crippen MR) is 111 cm³/mol. The van der Waals surface area contributed by atoms with Gasteiger partial charge in [0.1, 0.15) is 11.5 Å². The number of hydrogen-bond donors (Lipinski definition) is 1. The zero-order valence-electron chi connectivity index (χ0n) is 15.1. The summed E-state index contributed by atoms with van der Waals surface area (Å²) in [4.78, 5) is 16.3. The summed E-state index contributed by atoms with van der Waals surface area (Å²) in [7, 11) is 0. The first-order valence-corrected chi connectivity index (χ1v) is 9.56. The molecule has 140 valence electrons. The Morgan fingerprint density at radius 2 is 2.11 bits per heavy atom. The number of thiazole rings is 1. The fourth-order valence-electron chi connectivity index (χ4n) is 2.66. The van der Waals surface area contributed by atoms with Crippen molar-refractivity contribution >= 4 is 38.9 Å². The first kappa shape index (κ1) is 17.9. The van der Waals surface area contributed by atoms with Crippen LogP contribution in [-0.2, 0) is 4.74 Å². The highest BCUT2D eigenvalue weighted by atomic mass is 32.1. The summed E-state index contributed by atoms with van der Waals surface area (Å²) < 4.78 is 11.9. The molecule has 0 atom stereocenters. The van der Waals surface area contributed by atoms with Crippen molar-refractivity contribution in [2.45, 2.75) is 6.92 Å². The third-order valence-corrected chi connectivity index (χ3v) is 4.87. The van der Waals surface area contributed by atoms with E-state index in [1.54, 1.807) is 31.3 Å². The SMILES string of the molecule is CCOC(=O)c1cccc(-c2ccc(/C=N\Nc3nc4ccccc4s3)o2)c1. The maximum absolute atomic E-state index is 11.9. The molecular formula is C21H17N3O3S. The van der Waals surface area contributed by atoms with Crippen LogP contribution in [0.2, 0.25) is 0 Å². The average molecular weight is 391 g/mol. The Balaban J connectivity index is 1.46. The van der Waals surface area contributed by atoms with Crippen LogP contribution in [0.5, 0.6) is 0 Å². The van der Waals surface area contributed by atoms with Crippen LogP contribution in [0.4, 0.5) is 5.13 Å². The van der Waals surface area contributed by atoms with Crippen molar-refractivity contribution in [1.29, 1.82) is 0 Å². The molecule has 7 heteroatoms. The molecule has 0 fully saturated rings. The van der Waals surface area contributed by atoms with Gasteiger partial charge in [-0.2, -0.15) is 5.10 Å². The molecule has 2 heterocycles. The van der Waals surface area contributed by atoms with Crippen LogP contribution >= 0.6 is 11.3 Å². The predicted octanol–water partition coefficient (Wildman–Crippen LogP) is 5.18.